The Balaban J connectivity index is 1.81. The van der Waals surface area contributed by atoms with Crippen LogP contribution in [0.15, 0.2) is 42.6 Å². The maximum absolute atomic E-state index is 12.2. The zero-order valence-corrected chi connectivity index (χ0v) is 16.5. The van der Waals surface area contributed by atoms with Gasteiger partial charge in [0.05, 0.1) is 13.1 Å². The summed E-state index contributed by atoms with van der Waals surface area (Å²) in [5.74, 6) is -0.127. The van der Waals surface area contributed by atoms with Crippen LogP contribution in [0.1, 0.15) is 15.9 Å². The fraction of sp³-hybridized carbons (Fsp3) is 0.300. The van der Waals surface area contributed by atoms with Gasteiger partial charge in [0.25, 0.3) is 5.91 Å². The Bertz CT molecular complexity index is 849. The van der Waals surface area contributed by atoms with Gasteiger partial charge in [0.2, 0.25) is 11.8 Å². The number of rotatable bonds is 7. The van der Waals surface area contributed by atoms with E-state index in [0.717, 1.165) is 5.56 Å². The zero-order chi connectivity index (χ0) is 20.7. The number of nitrogens with zero attached hydrogens (tertiary/aromatic N) is 3. The van der Waals surface area contributed by atoms with Gasteiger partial charge >= 0.3 is 0 Å². The quantitative estimate of drug-likeness (QED) is 0.757. The minimum absolute atomic E-state index is 0.0487. The van der Waals surface area contributed by atoms with E-state index in [1.54, 1.807) is 62.6 Å². The Hall–Kier alpha value is -3.26. The van der Waals surface area contributed by atoms with Crippen molar-refractivity contribution in [2.75, 3.05) is 44.9 Å². The van der Waals surface area contributed by atoms with Crippen LogP contribution < -0.4 is 10.6 Å². The van der Waals surface area contributed by atoms with Gasteiger partial charge in [-0.15, -0.1) is 0 Å². The molecular weight excluding hydrogens is 358 g/mol. The van der Waals surface area contributed by atoms with E-state index in [4.69, 9.17) is 0 Å². The number of aromatic nitrogens is 1. The van der Waals surface area contributed by atoms with E-state index in [-0.39, 0.29) is 30.8 Å². The fourth-order valence-electron chi connectivity index (χ4n) is 2.49. The monoisotopic (exact) mass is 383 g/mol. The topological polar surface area (TPSA) is 94.6 Å². The number of carbonyl (C=O) groups excluding carboxylic acids is 3. The first-order valence-corrected chi connectivity index (χ1v) is 8.77. The number of benzene rings is 1. The molecule has 0 unspecified atom stereocenters. The van der Waals surface area contributed by atoms with Gasteiger partial charge in [-0.2, -0.15) is 0 Å². The largest absolute Gasteiger partial charge is 0.345 e. The van der Waals surface area contributed by atoms with Crippen LogP contribution in [0, 0.1) is 6.92 Å². The van der Waals surface area contributed by atoms with Crippen LogP contribution in [-0.2, 0) is 9.59 Å². The Morgan fingerprint density at radius 3 is 2.11 bits per heavy atom. The molecule has 3 amide bonds. The SMILES string of the molecule is Cc1ccnc(NC(=O)CN(C)CC(=O)Nc2ccc(C(=O)N(C)C)cc2)c1. The molecule has 2 rings (SSSR count). The molecule has 0 saturated heterocycles. The van der Waals surface area contributed by atoms with Crippen molar-refractivity contribution in [1.29, 1.82) is 0 Å². The minimum atomic E-state index is -0.254. The average molecular weight is 383 g/mol. The number of hydrogen-bond donors (Lipinski definition) is 2. The molecule has 0 radical (unpaired) electrons. The highest BCUT2D eigenvalue weighted by molar-refractivity contribution is 5.96. The zero-order valence-electron chi connectivity index (χ0n) is 16.5. The van der Waals surface area contributed by atoms with Gasteiger partial charge in [-0.25, -0.2) is 4.98 Å². The van der Waals surface area contributed by atoms with Crippen molar-refractivity contribution in [2.45, 2.75) is 6.92 Å². The van der Waals surface area contributed by atoms with Crippen molar-refractivity contribution in [3.8, 4) is 0 Å². The number of aryl methyl sites for hydroxylation is 1. The number of amides is 3. The standard InChI is InChI=1S/C20H25N5O3/c1-14-9-10-21-17(11-14)23-19(27)13-25(4)12-18(26)22-16-7-5-15(6-8-16)20(28)24(2)3/h5-11H,12-13H2,1-4H3,(H,22,26)(H,21,23,27). The first kappa shape index (κ1) is 21.0. The van der Waals surface area contributed by atoms with E-state index in [2.05, 4.69) is 15.6 Å². The van der Waals surface area contributed by atoms with Gasteiger partial charge in [-0.05, 0) is 55.9 Å². The Morgan fingerprint density at radius 2 is 1.54 bits per heavy atom. The van der Waals surface area contributed by atoms with Crippen molar-refractivity contribution in [3.05, 3.63) is 53.7 Å². The molecule has 148 valence electrons. The van der Waals surface area contributed by atoms with E-state index in [9.17, 15) is 14.4 Å². The molecule has 28 heavy (non-hydrogen) atoms. The molecule has 0 atom stereocenters. The predicted molar refractivity (Wildman–Crippen MR) is 108 cm³/mol. The second-order valence-electron chi connectivity index (χ2n) is 6.76. The van der Waals surface area contributed by atoms with Gasteiger partial charge < -0.3 is 15.5 Å². The van der Waals surface area contributed by atoms with Gasteiger partial charge in [0.1, 0.15) is 5.82 Å². The lowest BCUT2D eigenvalue weighted by molar-refractivity contribution is -0.119. The number of anilines is 2. The van der Waals surface area contributed by atoms with E-state index >= 15 is 0 Å². The van der Waals surface area contributed by atoms with Crippen molar-refractivity contribution >= 4 is 29.2 Å². The van der Waals surface area contributed by atoms with Crippen LogP contribution in [0.5, 0.6) is 0 Å². The maximum atomic E-state index is 12.2. The van der Waals surface area contributed by atoms with Crippen LogP contribution in [0.4, 0.5) is 11.5 Å². The second-order valence-corrected chi connectivity index (χ2v) is 6.76. The van der Waals surface area contributed by atoms with Gasteiger partial charge in [-0.1, -0.05) is 0 Å². The molecule has 8 heteroatoms. The summed E-state index contributed by atoms with van der Waals surface area (Å²) in [6.07, 6.45) is 1.62. The summed E-state index contributed by atoms with van der Waals surface area (Å²) in [6, 6.07) is 10.3. The van der Waals surface area contributed by atoms with Crippen LogP contribution >= 0.6 is 0 Å². The van der Waals surface area contributed by atoms with E-state index in [1.807, 2.05) is 13.0 Å². The number of likely N-dealkylation sites (N-methyl/N-ethyl adjacent to an activating group) is 1. The summed E-state index contributed by atoms with van der Waals surface area (Å²) in [5, 5.41) is 5.45. The molecule has 0 aliphatic rings. The van der Waals surface area contributed by atoms with Crippen molar-refractivity contribution < 1.29 is 14.4 Å². The highest BCUT2D eigenvalue weighted by Gasteiger charge is 2.12. The summed E-state index contributed by atoms with van der Waals surface area (Å²) in [7, 11) is 5.04. The lowest BCUT2D eigenvalue weighted by atomic mass is 10.2. The van der Waals surface area contributed by atoms with E-state index in [1.165, 1.54) is 4.90 Å². The molecule has 2 N–H and O–H groups in total. The molecule has 8 nitrogen and oxygen atoms in total. The molecule has 0 bridgehead atoms. The molecule has 1 heterocycles. The number of nitrogens with one attached hydrogen (secondary N) is 2. The summed E-state index contributed by atoms with van der Waals surface area (Å²) < 4.78 is 0. The Kier molecular flexibility index (Phi) is 7.22. The molecule has 0 spiro atoms. The molecule has 0 aliphatic heterocycles. The summed E-state index contributed by atoms with van der Waals surface area (Å²) in [4.78, 5) is 43.3. The maximum Gasteiger partial charge on any atom is 0.253 e. The van der Waals surface area contributed by atoms with Gasteiger partial charge in [0.15, 0.2) is 0 Å². The molecule has 0 fully saturated rings. The summed E-state index contributed by atoms with van der Waals surface area (Å²) >= 11 is 0. The molecule has 1 aromatic heterocycles. The van der Waals surface area contributed by atoms with Crippen LogP contribution in [0.2, 0.25) is 0 Å². The van der Waals surface area contributed by atoms with E-state index in [0.29, 0.717) is 17.1 Å². The Labute approximate surface area is 164 Å². The fourth-order valence-corrected chi connectivity index (χ4v) is 2.49. The molecular formula is C20H25N5O3. The molecule has 0 saturated carbocycles. The normalized spacial score (nSPS) is 10.5. The van der Waals surface area contributed by atoms with Crippen LogP contribution in [0.3, 0.4) is 0 Å². The number of pyridine rings is 1. The molecule has 1 aromatic carbocycles. The van der Waals surface area contributed by atoms with Crippen molar-refractivity contribution in [2.24, 2.45) is 0 Å². The third kappa shape index (κ3) is 6.48. The van der Waals surface area contributed by atoms with Gasteiger partial charge in [-0.3, -0.25) is 19.3 Å². The average Bonchev–Trinajstić information content (AvgIpc) is 2.61. The molecule has 2 aromatic rings. The molecule has 0 aliphatic carbocycles. The smallest absolute Gasteiger partial charge is 0.253 e. The Morgan fingerprint density at radius 1 is 0.929 bits per heavy atom. The first-order chi connectivity index (χ1) is 13.2. The number of hydrogen-bond acceptors (Lipinski definition) is 5. The predicted octanol–water partition coefficient (Wildman–Crippen LogP) is 1.60. The van der Waals surface area contributed by atoms with Crippen LogP contribution in [0.25, 0.3) is 0 Å². The summed E-state index contributed by atoms with van der Waals surface area (Å²) in [6.45, 7) is 2.02. The lowest BCUT2D eigenvalue weighted by Gasteiger charge is -2.16. The highest BCUT2D eigenvalue weighted by Crippen LogP contribution is 2.11. The lowest BCUT2D eigenvalue weighted by Crippen LogP contribution is -2.36. The van der Waals surface area contributed by atoms with Crippen molar-refractivity contribution in [1.82, 2.24) is 14.8 Å². The first-order valence-electron chi connectivity index (χ1n) is 8.77. The summed E-state index contributed by atoms with van der Waals surface area (Å²) in [5.41, 5.74) is 2.12. The second kappa shape index (κ2) is 9.61. The third-order valence-corrected chi connectivity index (χ3v) is 3.83. The van der Waals surface area contributed by atoms with Crippen molar-refractivity contribution in [3.63, 3.8) is 0 Å². The third-order valence-electron chi connectivity index (χ3n) is 3.83. The van der Waals surface area contributed by atoms with Gasteiger partial charge in [0, 0.05) is 31.5 Å². The van der Waals surface area contributed by atoms with E-state index < -0.39 is 0 Å². The minimum Gasteiger partial charge on any atom is -0.345 e. The van der Waals surface area contributed by atoms with Crippen LogP contribution in [-0.4, -0.2) is 66.7 Å². The highest BCUT2D eigenvalue weighted by atomic mass is 16.2. The number of carbonyl (C=O) groups is 3.